The molecule has 88 valence electrons. The van der Waals surface area contributed by atoms with E-state index in [4.69, 9.17) is 5.73 Å². The van der Waals surface area contributed by atoms with E-state index in [2.05, 4.69) is 34.8 Å². The SMILES string of the molecule is C[C@H]1CN(C)CCN1Cc1ccc(N)nc1. The highest BCUT2D eigenvalue weighted by molar-refractivity contribution is 5.29. The van der Waals surface area contributed by atoms with Crippen molar-refractivity contribution in [2.45, 2.75) is 19.5 Å². The summed E-state index contributed by atoms with van der Waals surface area (Å²) in [5, 5.41) is 0. The summed E-state index contributed by atoms with van der Waals surface area (Å²) in [5.74, 6) is 0.593. The second-order valence-electron chi connectivity index (χ2n) is 4.67. The summed E-state index contributed by atoms with van der Waals surface area (Å²) in [5.41, 5.74) is 6.82. The second-order valence-corrected chi connectivity index (χ2v) is 4.67. The lowest BCUT2D eigenvalue weighted by atomic mass is 10.1. The van der Waals surface area contributed by atoms with Gasteiger partial charge in [0.1, 0.15) is 5.82 Å². The largest absolute Gasteiger partial charge is 0.384 e. The first-order chi connectivity index (χ1) is 7.65. The van der Waals surface area contributed by atoms with Crippen LogP contribution in [0.5, 0.6) is 0 Å². The first kappa shape index (κ1) is 11.4. The highest BCUT2D eigenvalue weighted by Gasteiger charge is 2.21. The summed E-state index contributed by atoms with van der Waals surface area (Å²) in [7, 11) is 2.18. The fraction of sp³-hybridized carbons (Fsp3) is 0.583. The van der Waals surface area contributed by atoms with Gasteiger partial charge in [-0.25, -0.2) is 4.98 Å². The summed E-state index contributed by atoms with van der Waals surface area (Å²) in [6, 6.07) is 4.54. The number of anilines is 1. The number of pyridine rings is 1. The van der Waals surface area contributed by atoms with E-state index in [1.165, 1.54) is 5.56 Å². The third-order valence-electron chi connectivity index (χ3n) is 3.20. The van der Waals surface area contributed by atoms with E-state index in [-0.39, 0.29) is 0 Å². The van der Waals surface area contributed by atoms with Gasteiger partial charge in [-0.2, -0.15) is 0 Å². The van der Waals surface area contributed by atoms with Gasteiger partial charge in [-0.15, -0.1) is 0 Å². The second kappa shape index (κ2) is 4.80. The maximum absolute atomic E-state index is 5.57. The van der Waals surface area contributed by atoms with E-state index in [1.54, 1.807) is 0 Å². The van der Waals surface area contributed by atoms with Crippen LogP contribution in [0.4, 0.5) is 5.82 Å². The zero-order valence-electron chi connectivity index (χ0n) is 10.1. The molecule has 1 atom stereocenters. The normalized spacial score (nSPS) is 23.5. The fourth-order valence-electron chi connectivity index (χ4n) is 2.18. The van der Waals surface area contributed by atoms with Crippen molar-refractivity contribution in [1.29, 1.82) is 0 Å². The summed E-state index contributed by atoms with van der Waals surface area (Å²) in [6.45, 7) is 6.67. The van der Waals surface area contributed by atoms with E-state index in [0.717, 1.165) is 26.2 Å². The van der Waals surface area contributed by atoms with Gasteiger partial charge in [-0.05, 0) is 25.6 Å². The number of piperazine rings is 1. The topological polar surface area (TPSA) is 45.4 Å². The molecule has 1 aliphatic rings. The third kappa shape index (κ3) is 2.71. The minimum atomic E-state index is 0.593. The zero-order chi connectivity index (χ0) is 11.5. The molecule has 0 aromatic carbocycles. The van der Waals surface area contributed by atoms with Crippen molar-refractivity contribution in [2.75, 3.05) is 32.4 Å². The van der Waals surface area contributed by atoms with Crippen molar-refractivity contribution in [2.24, 2.45) is 0 Å². The number of hydrogen-bond donors (Lipinski definition) is 1. The minimum absolute atomic E-state index is 0.593. The van der Waals surface area contributed by atoms with Crippen molar-refractivity contribution >= 4 is 5.82 Å². The Morgan fingerprint density at radius 2 is 2.25 bits per heavy atom. The quantitative estimate of drug-likeness (QED) is 0.801. The molecule has 0 radical (unpaired) electrons. The van der Waals surface area contributed by atoms with E-state index in [9.17, 15) is 0 Å². The van der Waals surface area contributed by atoms with E-state index < -0.39 is 0 Å². The van der Waals surface area contributed by atoms with Gasteiger partial charge in [0.05, 0.1) is 0 Å². The Morgan fingerprint density at radius 1 is 1.44 bits per heavy atom. The Kier molecular flexibility index (Phi) is 3.41. The van der Waals surface area contributed by atoms with Crippen molar-refractivity contribution in [3.05, 3.63) is 23.9 Å². The molecular formula is C12H20N4. The molecule has 1 fully saturated rings. The van der Waals surface area contributed by atoms with Gasteiger partial charge in [0.25, 0.3) is 0 Å². The average molecular weight is 220 g/mol. The number of hydrogen-bond acceptors (Lipinski definition) is 4. The van der Waals surface area contributed by atoms with Crippen LogP contribution in [0.15, 0.2) is 18.3 Å². The van der Waals surface area contributed by atoms with Gasteiger partial charge in [0, 0.05) is 38.4 Å². The van der Waals surface area contributed by atoms with Crippen LogP contribution in [-0.4, -0.2) is 47.5 Å². The predicted molar refractivity (Wildman–Crippen MR) is 66.0 cm³/mol. The molecule has 16 heavy (non-hydrogen) atoms. The molecule has 2 N–H and O–H groups in total. The maximum atomic E-state index is 5.57. The molecule has 2 heterocycles. The van der Waals surface area contributed by atoms with Crippen LogP contribution in [0.2, 0.25) is 0 Å². The van der Waals surface area contributed by atoms with Crippen LogP contribution < -0.4 is 5.73 Å². The molecule has 0 amide bonds. The molecule has 0 bridgehead atoms. The Labute approximate surface area is 97.1 Å². The van der Waals surface area contributed by atoms with Crippen molar-refractivity contribution in [3.63, 3.8) is 0 Å². The highest BCUT2D eigenvalue weighted by atomic mass is 15.3. The van der Waals surface area contributed by atoms with E-state index in [0.29, 0.717) is 11.9 Å². The summed E-state index contributed by atoms with van der Waals surface area (Å²) in [4.78, 5) is 9.00. The molecule has 1 saturated heterocycles. The lowest BCUT2D eigenvalue weighted by molar-refractivity contribution is 0.0937. The molecule has 1 aromatic rings. The van der Waals surface area contributed by atoms with Gasteiger partial charge in [0.2, 0.25) is 0 Å². The van der Waals surface area contributed by atoms with Crippen LogP contribution in [0.3, 0.4) is 0 Å². The summed E-state index contributed by atoms with van der Waals surface area (Å²) >= 11 is 0. The number of nitrogens with two attached hydrogens (primary N) is 1. The molecule has 2 rings (SSSR count). The first-order valence-electron chi connectivity index (χ1n) is 5.78. The lowest BCUT2D eigenvalue weighted by Gasteiger charge is -2.38. The van der Waals surface area contributed by atoms with E-state index in [1.807, 2.05) is 12.3 Å². The van der Waals surface area contributed by atoms with Crippen LogP contribution in [-0.2, 0) is 6.54 Å². The van der Waals surface area contributed by atoms with Crippen molar-refractivity contribution in [1.82, 2.24) is 14.8 Å². The fourth-order valence-corrected chi connectivity index (χ4v) is 2.18. The lowest BCUT2D eigenvalue weighted by Crippen LogP contribution is -2.49. The summed E-state index contributed by atoms with van der Waals surface area (Å²) < 4.78 is 0. The third-order valence-corrected chi connectivity index (χ3v) is 3.20. The maximum Gasteiger partial charge on any atom is 0.123 e. The van der Waals surface area contributed by atoms with Gasteiger partial charge >= 0.3 is 0 Å². The molecule has 4 heteroatoms. The smallest absolute Gasteiger partial charge is 0.123 e. The molecule has 0 aliphatic carbocycles. The van der Waals surface area contributed by atoms with Crippen LogP contribution in [0.25, 0.3) is 0 Å². The molecule has 0 spiro atoms. The number of likely N-dealkylation sites (N-methyl/N-ethyl adjacent to an activating group) is 1. The number of nitrogens with zero attached hydrogens (tertiary/aromatic N) is 3. The van der Waals surface area contributed by atoms with Gasteiger partial charge in [0.15, 0.2) is 0 Å². The molecular weight excluding hydrogens is 200 g/mol. The van der Waals surface area contributed by atoms with Crippen molar-refractivity contribution < 1.29 is 0 Å². The highest BCUT2D eigenvalue weighted by Crippen LogP contribution is 2.12. The van der Waals surface area contributed by atoms with Crippen LogP contribution in [0, 0.1) is 0 Å². The number of rotatable bonds is 2. The molecule has 0 saturated carbocycles. The monoisotopic (exact) mass is 220 g/mol. The molecule has 1 aliphatic heterocycles. The average Bonchev–Trinajstić information content (AvgIpc) is 2.25. The Morgan fingerprint density at radius 3 is 2.88 bits per heavy atom. The Balaban J connectivity index is 1.96. The first-order valence-corrected chi connectivity index (χ1v) is 5.78. The van der Waals surface area contributed by atoms with E-state index >= 15 is 0 Å². The van der Waals surface area contributed by atoms with Crippen molar-refractivity contribution in [3.8, 4) is 0 Å². The zero-order valence-corrected chi connectivity index (χ0v) is 10.1. The minimum Gasteiger partial charge on any atom is -0.384 e. The predicted octanol–water partition coefficient (Wildman–Crippen LogP) is 0.800. The van der Waals surface area contributed by atoms with Crippen LogP contribution >= 0.6 is 0 Å². The van der Waals surface area contributed by atoms with Crippen LogP contribution in [0.1, 0.15) is 12.5 Å². The molecule has 4 nitrogen and oxygen atoms in total. The molecule has 1 aromatic heterocycles. The number of nitrogen functional groups attached to an aromatic ring is 1. The van der Waals surface area contributed by atoms with Gasteiger partial charge in [-0.3, -0.25) is 4.90 Å². The number of aromatic nitrogens is 1. The standard InChI is InChI=1S/C12H20N4/c1-10-8-15(2)5-6-16(10)9-11-3-4-12(13)14-7-11/h3-4,7,10H,5-6,8-9H2,1-2H3,(H2,13,14)/t10-/m0/s1. The summed E-state index contributed by atoms with van der Waals surface area (Å²) in [6.07, 6.45) is 1.88. The molecule has 0 unspecified atom stereocenters. The Bertz CT molecular complexity index is 335. The Hall–Kier alpha value is -1.13. The van der Waals surface area contributed by atoms with Gasteiger partial charge in [-0.1, -0.05) is 6.07 Å². The van der Waals surface area contributed by atoms with Gasteiger partial charge < -0.3 is 10.6 Å².